The third kappa shape index (κ3) is 2.32. The van der Waals surface area contributed by atoms with Gasteiger partial charge in [-0.2, -0.15) is 0 Å². The van der Waals surface area contributed by atoms with Crippen molar-refractivity contribution in [3.63, 3.8) is 0 Å². The van der Waals surface area contributed by atoms with Crippen LogP contribution >= 0.6 is 0 Å². The topological polar surface area (TPSA) is 21.3 Å². The predicted octanol–water partition coefficient (Wildman–Crippen LogP) is 3.08. The molecule has 1 heterocycles. The summed E-state index contributed by atoms with van der Waals surface area (Å²) in [5, 5.41) is 3.75. The molecule has 2 nitrogen and oxygen atoms in total. The summed E-state index contributed by atoms with van der Waals surface area (Å²) < 4.78 is 6.28. The van der Waals surface area contributed by atoms with Crippen molar-refractivity contribution in [3.05, 3.63) is 35.9 Å². The minimum atomic E-state index is -0.168. The van der Waals surface area contributed by atoms with E-state index in [4.69, 9.17) is 4.74 Å². The molecule has 0 spiro atoms. The molecule has 0 amide bonds. The number of nitrogens with one attached hydrogen (secondary N) is 1. The first-order chi connectivity index (χ1) is 8.78. The van der Waals surface area contributed by atoms with Crippen LogP contribution in [0.1, 0.15) is 38.2 Å². The van der Waals surface area contributed by atoms with Gasteiger partial charge in [-0.15, -0.1) is 0 Å². The number of ether oxygens (including phenoxy) is 1. The van der Waals surface area contributed by atoms with E-state index in [1.54, 1.807) is 0 Å². The van der Waals surface area contributed by atoms with Crippen LogP contribution in [0.15, 0.2) is 30.3 Å². The first kappa shape index (κ1) is 12.2. The summed E-state index contributed by atoms with van der Waals surface area (Å²) in [7, 11) is 0. The van der Waals surface area contributed by atoms with Gasteiger partial charge in [0.2, 0.25) is 0 Å². The van der Waals surface area contributed by atoms with E-state index in [0.29, 0.717) is 12.0 Å². The Labute approximate surface area is 110 Å². The minimum absolute atomic E-state index is 0.168. The Hall–Kier alpha value is -0.860. The summed E-state index contributed by atoms with van der Waals surface area (Å²) in [5.74, 6) is 0.712. The summed E-state index contributed by atoms with van der Waals surface area (Å²) in [6, 6.07) is 11.3. The molecule has 2 heteroatoms. The third-order valence-electron chi connectivity index (χ3n) is 4.61. The molecular weight excluding hydrogens is 222 g/mol. The molecule has 98 valence electrons. The molecule has 1 saturated carbocycles. The molecule has 2 fully saturated rings. The van der Waals surface area contributed by atoms with Crippen molar-refractivity contribution in [2.45, 2.75) is 44.2 Å². The normalized spacial score (nSPS) is 36.7. The van der Waals surface area contributed by atoms with E-state index < -0.39 is 0 Å². The molecule has 0 aromatic heterocycles. The number of benzene rings is 1. The van der Waals surface area contributed by atoms with Crippen LogP contribution in [0, 0.1) is 5.92 Å². The van der Waals surface area contributed by atoms with Crippen LogP contribution in [0.4, 0.5) is 0 Å². The van der Waals surface area contributed by atoms with Crippen LogP contribution < -0.4 is 5.32 Å². The smallest absolute Gasteiger partial charge is 0.103 e. The Morgan fingerprint density at radius 1 is 1.17 bits per heavy atom. The standard InChI is InChI=1S/C16H23NO/c1-16(14-8-3-2-4-9-14)12-17-15-10-6-5-7-13(15)11-18-16/h2-4,8-9,13,15,17H,5-7,10-12H2,1H3. The van der Waals surface area contributed by atoms with Gasteiger partial charge in [0.15, 0.2) is 0 Å². The zero-order chi connectivity index (χ0) is 12.4. The lowest BCUT2D eigenvalue weighted by molar-refractivity contribution is -0.0381. The van der Waals surface area contributed by atoms with Gasteiger partial charge in [0.25, 0.3) is 0 Å². The summed E-state index contributed by atoms with van der Waals surface area (Å²) in [5.41, 5.74) is 1.12. The van der Waals surface area contributed by atoms with Crippen molar-refractivity contribution in [2.24, 2.45) is 5.92 Å². The molecule has 0 radical (unpaired) electrons. The number of fused-ring (bicyclic) bond motifs is 1. The summed E-state index contributed by atoms with van der Waals surface area (Å²) in [6.07, 6.45) is 5.38. The van der Waals surface area contributed by atoms with Gasteiger partial charge in [-0.25, -0.2) is 0 Å². The number of hydrogen-bond donors (Lipinski definition) is 1. The van der Waals surface area contributed by atoms with Gasteiger partial charge in [0.05, 0.1) is 6.61 Å². The first-order valence-electron chi connectivity index (χ1n) is 7.21. The quantitative estimate of drug-likeness (QED) is 0.821. The largest absolute Gasteiger partial charge is 0.369 e. The van der Waals surface area contributed by atoms with Gasteiger partial charge in [-0.3, -0.25) is 0 Å². The molecule has 0 bridgehead atoms. The second-order valence-electron chi connectivity index (χ2n) is 5.94. The number of hydrogen-bond acceptors (Lipinski definition) is 2. The fraction of sp³-hybridized carbons (Fsp3) is 0.625. The first-order valence-corrected chi connectivity index (χ1v) is 7.21. The van der Waals surface area contributed by atoms with Gasteiger partial charge in [-0.1, -0.05) is 43.2 Å². The lowest BCUT2D eigenvalue weighted by atomic mass is 9.85. The van der Waals surface area contributed by atoms with Gasteiger partial charge in [-0.05, 0) is 31.2 Å². The highest BCUT2D eigenvalue weighted by Gasteiger charge is 2.36. The van der Waals surface area contributed by atoms with Gasteiger partial charge >= 0.3 is 0 Å². The van der Waals surface area contributed by atoms with Crippen molar-refractivity contribution in [1.82, 2.24) is 5.32 Å². The van der Waals surface area contributed by atoms with E-state index in [1.165, 1.54) is 31.2 Å². The Bertz CT molecular complexity index is 373. The van der Waals surface area contributed by atoms with Gasteiger partial charge < -0.3 is 10.1 Å². The SMILES string of the molecule is CC1(c2ccccc2)CNC2CCCCC2CO1. The zero-order valence-electron chi connectivity index (χ0n) is 11.2. The van der Waals surface area contributed by atoms with E-state index in [-0.39, 0.29) is 5.60 Å². The van der Waals surface area contributed by atoms with Crippen molar-refractivity contribution in [2.75, 3.05) is 13.2 Å². The molecule has 3 atom stereocenters. The Morgan fingerprint density at radius 2 is 1.94 bits per heavy atom. The molecule has 1 saturated heterocycles. The van der Waals surface area contributed by atoms with E-state index in [9.17, 15) is 0 Å². The van der Waals surface area contributed by atoms with Gasteiger partial charge in [0, 0.05) is 12.6 Å². The van der Waals surface area contributed by atoms with Crippen molar-refractivity contribution in [1.29, 1.82) is 0 Å². The lowest BCUT2D eigenvalue weighted by Crippen LogP contribution is -2.41. The molecule has 1 aromatic carbocycles. The van der Waals surface area contributed by atoms with Crippen molar-refractivity contribution >= 4 is 0 Å². The van der Waals surface area contributed by atoms with E-state index >= 15 is 0 Å². The predicted molar refractivity (Wildman–Crippen MR) is 73.5 cm³/mol. The Balaban J connectivity index is 1.78. The molecule has 1 aliphatic carbocycles. The summed E-state index contributed by atoms with van der Waals surface area (Å²) in [6.45, 7) is 4.05. The molecule has 3 unspecified atom stereocenters. The zero-order valence-corrected chi connectivity index (χ0v) is 11.2. The van der Waals surface area contributed by atoms with Crippen LogP contribution in [0.3, 0.4) is 0 Å². The van der Waals surface area contributed by atoms with Gasteiger partial charge in [0.1, 0.15) is 5.60 Å². The fourth-order valence-corrected chi connectivity index (χ4v) is 3.32. The van der Waals surface area contributed by atoms with E-state index in [1.807, 2.05) is 0 Å². The van der Waals surface area contributed by atoms with Crippen molar-refractivity contribution in [3.8, 4) is 0 Å². The molecule has 1 aliphatic heterocycles. The Morgan fingerprint density at radius 3 is 2.78 bits per heavy atom. The maximum Gasteiger partial charge on any atom is 0.103 e. The molecule has 1 aromatic rings. The van der Waals surface area contributed by atoms with Crippen molar-refractivity contribution < 1.29 is 4.74 Å². The third-order valence-corrected chi connectivity index (χ3v) is 4.61. The second kappa shape index (κ2) is 5.02. The number of rotatable bonds is 1. The average molecular weight is 245 g/mol. The monoisotopic (exact) mass is 245 g/mol. The highest BCUT2D eigenvalue weighted by molar-refractivity contribution is 5.22. The fourth-order valence-electron chi connectivity index (χ4n) is 3.32. The van der Waals surface area contributed by atoms with Crippen LogP contribution in [-0.2, 0) is 10.3 Å². The lowest BCUT2D eigenvalue weighted by Gasteiger charge is -2.29. The van der Waals surface area contributed by atoms with E-state index in [0.717, 1.165) is 13.2 Å². The molecule has 3 rings (SSSR count). The maximum absolute atomic E-state index is 6.28. The van der Waals surface area contributed by atoms with Crippen LogP contribution in [0.25, 0.3) is 0 Å². The van der Waals surface area contributed by atoms with Crippen LogP contribution in [-0.4, -0.2) is 19.2 Å². The highest BCUT2D eigenvalue weighted by Crippen LogP contribution is 2.33. The molecule has 18 heavy (non-hydrogen) atoms. The summed E-state index contributed by atoms with van der Waals surface area (Å²) in [4.78, 5) is 0. The summed E-state index contributed by atoms with van der Waals surface area (Å²) >= 11 is 0. The Kier molecular flexibility index (Phi) is 3.40. The van der Waals surface area contributed by atoms with E-state index in [2.05, 4.69) is 42.6 Å². The maximum atomic E-state index is 6.28. The highest BCUT2D eigenvalue weighted by atomic mass is 16.5. The second-order valence-corrected chi connectivity index (χ2v) is 5.94. The molecular formula is C16H23NO. The van der Waals surface area contributed by atoms with Crippen LogP contribution in [0.2, 0.25) is 0 Å². The molecule has 2 aliphatic rings. The average Bonchev–Trinajstić information content (AvgIpc) is 2.61. The van der Waals surface area contributed by atoms with Crippen LogP contribution in [0.5, 0.6) is 0 Å². The minimum Gasteiger partial charge on any atom is -0.369 e. The molecule has 1 N–H and O–H groups in total.